The summed E-state index contributed by atoms with van der Waals surface area (Å²) in [5, 5.41) is 12.4. The zero-order valence-electron chi connectivity index (χ0n) is 13.4. The molecule has 0 spiro atoms. The normalized spacial score (nSPS) is 26.5. The van der Waals surface area contributed by atoms with Crippen molar-refractivity contribution < 1.29 is 9.90 Å². The second kappa shape index (κ2) is 7.35. The van der Waals surface area contributed by atoms with E-state index >= 15 is 0 Å². The number of carboxylic acid groups (broad SMARTS) is 1. The lowest BCUT2D eigenvalue weighted by molar-refractivity contribution is -0.142. The number of rotatable bonds is 6. The van der Waals surface area contributed by atoms with E-state index < -0.39 is 12.0 Å². The van der Waals surface area contributed by atoms with Crippen LogP contribution in [0.2, 0.25) is 0 Å². The van der Waals surface area contributed by atoms with Crippen molar-refractivity contribution in [3.8, 4) is 0 Å². The van der Waals surface area contributed by atoms with Crippen molar-refractivity contribution in [2.75, 3.05) is 20.6 Å². The van der Waals surface area contributed by atoms with Gasteiger partial charge < -0.3 is 10.4 Å². The summed E-state index contributed by atoms with van der Waals surface area (Å²) in [6.45, 7) is 2.69. The maximum Gasteiger partial charge on any atom is 0.320 e. The molecule has 1 heterocycles. The van der Waals surface area contributed by atoms with E-state index in [0.717, 1.165) is 12.1 Å². The van der Waals surface area contributed by atoms with Crippen LogP contribution in [0.3, 0.4) is 0 Å². The Morgan fingerprint density at radius 3 is 2.95 bits per heavy atom. The number of allylic oxidation sites excluding steroid dienone is 3. The zero-order valence-corrected chi connectivity index (χ0v) is 13.4. The number of aliphatic imine (C=N–C) groups is 2. The van der Waals surface area contributed by atoms with Crippen molar-refractivity contribution in [1.29, 1.82) is 0 Å². The minimum Gasteiger partial charge on any atom is -0.480 e. The number of carbonyl (C=O) groups is 1. The largest absolute Gasteiger partial charge is 0.480 e. The monoisotopic (exact) mass is 304 g/mol. The molecule has 0 aromatic rings. The molecule has 0 saturated heterocycles. The topological polar surface area (TPSA) is 77.3 Å². The van der Waals surface area contributed by atoms with E-state index in [-0.39, 0.29) is 6.04 Å². The highest BCUT2D eigenvalue weighted by Crippen LogP contribution is 2.18. The van der Waals surface area contributed by atoms with Gasteiger partial charge in [0.1, 0.15) is 6.04 Å². The van der Waals surface area contributed by atoms with E-state index in [1.54, 1.807) is 19.0 Å². The highest BCUT2D eigenvalue weighted by molar-refractivity contribution is 6.08. The summed E-state index contributed by atoms with van der Waals surface area (Å²) in [5.74, 6) is 0.161. The standard InChI is InChI=1S/C16H24N4O2/c1-11-12-7-4-5-8-13(12)19-16(18-11)17-10-6-9-14(15(21)22)20(2)3/h4-5,7-8,11-12,14H,6,9-10H2,1-3H3,(H,17,18)(H,21,22)/t11?,12-,14?/m0/s1. The molecule has 0 saturated carbocycles. The molecule has 0 aromatic carbocycles. The predicted molar refractivity (Wildman–Crippen MR) is 88.4 cm³/mol. The van der Waals surface area contributed by atoms with Crippen molar-refractivity contribution in [3.63, 3.8) is 0 Å². The Balaban J connectivity index is 1.90. The zero-order chi connectivity index (χ0) is 16.1. The molecular formula is C16H24N4O2. The van der Waals surface area contributed by atoms with Gasteiger partial charge in [-0.3, -0.25) is 14.7 Å². The number of nitrogens with one attached hydrogen (secondary N) is 1. The molecule has 1 aliphatic heterocycles. The number of nitrogens with zero attached hydrogens (tertiary/aromatic N) is 3. The van der Waals surface area contributed by atoms with Crippen LogP contribution in [0.25, 0.3) is 0 Å². The van der Waals surface area contributed by atoms with Gasteiger partial charge in [-0.05, 0) is 39.9 Å². The first-order chi connectivity index (χ1) is 10.5. The summed E-state index contributed by atoms with van der Waals surface area (Å²) in [5.41, 5.74) is 1.03. The average Bonchev–Trinajstić information content (AvgIpc) is 2.46. The van der Waals surface area contributed by atoms with Crippen LogP contribution in [0.1, 0.15) is 19.8 Å². The van der Waals surface area contributed by atoms with E-state index in [4.69, 9.17) is 5.11 Å². The Kier molecular flexibility index (Phi) is 5.49. The van der Waals surface area contributed by atoms with Gasteiger partial charge in [-0.15, -0.1) is 0 Å². The van der Waals surface area contributed by atoms with E-state index in [1.807, 2.05) is 18.2 Å². The molecule has 2 rings (SSSR count). The Hall–Kier alpha value is -1.95. The van der Waals surface area contributed by atoms with E-state index in [9.17, 15) is 4.79 Å². The molecule has 1 aliphatic carbocycles. The van der Waals surface area contributed by atoms with Crippen LogP contribution in [0.4, 0.5) is 0 Å². The molecule has 0 radical (unpaired) electrons. The maximum atomic E-state index is 11.1. The van der Waals surface area contributed by atoms with E-state index in [0.29, 0.717) is 24.8 Å². The fourth-order valence-electron chi connectivity index (χ4n) is 2.68. The first kappa shape index (κ1) is 16.4. The van der Waals surface area contributed by atoms with Gasteiger partial charge in [0.05, 0.1) is 5.71 Å². The highest BCUT2D eigenvalue weighted by atomic mass is 16.4. The van der Waals surface area contributed by atoms with Gasteiger partial charge in [0.25, 0.3) is 0 Å². The minimum atomic E-state index is -0.788. The fraction of sp³-hybridized carbons (Fsp3) is 0.562. The summed E-state index contributed by atoms with van der Waals surface area (Å²) in [6.07, 6.45) is 9.48. The van der Waals surface area contributed by atoms with Gasteiger partial charge in [0, 0.05) is 18.5 Å². The smallest absolute Gasteiger partial charge is 0.320 e. The third-order valence-electron chi connectivity index (χ3n) is 3.97. The minimum absolute atomic E-state index is 0.265. The third kappa shape index (κ3) is 4.04. The number of hydrogen-bond acceptors (Lipinski definition) is 3. The summed E-state index contributed by atoms with van der Waals surface area (Å²) < 4.78 is 0. The van der Waals surface area contributed by atoms with Gasteiger partial charge in [0.15, 0.2) is 0 Å². The number of carboxylic acids is 1. The summed E-state index contributed by atoms with van der Waals surface area (Å²) in [6, 6.07) is -0.193. The second-order valence-electron chi connectivity index (χ2n) is 5.90. The van der Waals surface area contributed by atoms with Crippen LogP contribution < -0.4 is 5.32 Å². The second-order valence-corrected chi connectivity index (χ2v) is 5.90. The van der Waals surface area contributed by atoms with Crippen LogP contribution in [0.15, 0.2) is 34.3 Å². The molecule has 0 amide bonds. The van der Waals surface area contributed by atoms with E-state index in [1.165, 1.54) is 0 Å². The number of fused-ring (bicyclic) bond motifs is 1. The maximum absolute atomic E-state index is 11.1. The lowest BCUT2D eigenvalue weighted by Crippen LogP contribution is -2.45. The molecule has 2 N–H and O–H groups in total. The quantitative estimate of drug-likeness (QED) is 0.725. The molecule has 0 fully saturated rings. The molecule has 0 aromatic heterocycles. The molecular weight excluding hydrogens is 280 g/mol. The van der Waals surface area contributed by atoms with Crippen LogP contribution in [-0.2, 0) is 4.79 Å². The lowest BCUT2D eigenvalue weighted by atomic mass is 9.90. The Morgan fingerprint density at radius 1 is 1.50 bits per heavy atom. The average molecular weight is 304 g/mol. The number of likely N-dealkylation sites (N-methyl/N-ethyl adjacent to an activating group) is 1. The highest BCUT2D eigenvalue weighted by Gasteiger charge is 2.26. The molecule has 2 aliphatic rings. The van der Waals surface area contributed by atoms with Crippen molar-refractivity contribution in [2.24, 2.45) is 15.9 Å². The molecule has 3 atom stereocenters. The van der Waals surface area contributed by atoms with Gasteiger partial charge in [-0.1, -0.05) is 18.2 Å². The number of guanidine groups is 1. The van der Waals surface area contributed by atoms with Gasteiger partial charge in [0.2, 0.25) is 5.96 Å². The first-order valence-electron chi connectivity index (χ1n) is 7.62. The lowest BCUT2D eigenvalue weighted by Gasteiger charge is -2.29. The van der Waals surface area contributed by atoms with Crippen LogP contribution in [0, 0.1) is 5.92 Å². The van der Waals surface area contributed by atoms with Gasteiger partial charge >= 0.3 is 5.97 Å². The Bertz CT molecular complexity index is 534. The molecule has 120 valence electrons. The fourth-order valence-corrected chi connectivity index (χ4v) is 2.68. The predicted octanol–water partition coefficient (Wildman–Crippen LogP) is 1.31. The van der Waals surface area contributed by atoms with Crippen molar-refractivity contribution in [1.82, 2.24) is 10.2 Å². The number of aliphatic carboxylic acids is 1. The van der Waals surface area contributed by atoms with Gasteiger partial charge in [-0.25, -0.2) is 4.99 Å². The summed E-state index contributed by atoms with van der Waals surface area (Å²) >= 11 is 0. The summed E-state index contributed by atoms with van der Waals surface area (Å²) in [4.78, 5) is 21.8. The van der Waals surface area contributed by atoms with Crippen molar-refractivity contribution >= 4 is 17.6 Å². The molecule has 6 heteroatoms. The van der Waals surface area contributed by atoms with Gasteiger partial charge in [-0.2, -0.15) is 0 Å². The van der Waals surface area contributed by atoms with Crippen LogP contribution in [0.5, 0.6) is 0 Å². The first-order valence-corrected chi connectivity index (χ1v) is 7.62. The van der Waals surface area contributed by atoms with Crippen LogP contribution >= 0.6 is 0 Å². The van der Waals surface area contributed by atoms with Crippen molar-refractivity contribution in [3.05, 3.63) is 24.3 Å². The van der Waals surface area contributed by atoms with E-state index in [2.05, 4.69) is 28.3 Å². The Morgan fingerprint density at radius 2 is 2.27 bits per heavy atom. The SMILES string of the molecule is CC1NC(=NCCCC(C(=O)O)N(C)C)N=C2C=CC=C[C@H]21. The third-order valence-corrected chi connectivity index (χ3v) is 3.97. The Labute approximate surface area is 131 Å². The molecule has 0 bridgehead atoms. The number of hydrogen-bond donors (Lipinski definition) is 2. The molecule has 2 unspecified atom stereocenters. The van der Waals surface area contributed by atoms with Crippen LogP contribution in [-0.4, -0.2) is 60.4 Å². The summed E-state index contributed by atoms with van der Waals surface area (Å²) in [7, 11) is 3.56. The van der Waals surface area contributed by atoms with Crippen molar-refractivity contribution in [2.45, 2.75) is 31.8 Å². The molecule has 6 nitrogen and oxygen atoms in total. The molecule has 22 heavy (non-hydrogen) atoms.